The minimum Gasteiger partial charge on any atom is -0.384 e. The molecule has 5 N–H and O–H groups in total. The van der Waals surface area contributed by atoms with Gasteiger partial charge in [-0.05, 0) is 19.1 Å². The Labute approximate surface area is 165 Å². The van der Waals surface area contributed by atoms with Crippen molar-refractivity contribution in [1.29, 1.82) is 0 Å². The molecular formula is C18H20N10O. The third-order valence-corrected chi connectivity index (χ3v) is 4.82. The van der Waals surface area contributed by atoms with Gasteiger partial charge in [0.25, 0.3) is 0 Å². The molecule has 4 aromatic rings. The fraction of sp³-hybridized carbons (Fsp3) is 0.278. The van der Waals surface area contributed by atoms with Gasteiger partial charge in [0, 0.05) is 30.9 Å². The molecule has 1 aliphatic heterocycles. The third-order valence-electron chi connectivity index (χ3n) is 4.82. The van der Waals surface area contributed by atoms with Crippen molar-refractivity contribution in [3.05, 3.63) is 30.2 Å². The topological polar surface area (TPSA) is 149 Å². The van der Waals surface area contributed by atoms with Crippen LogP contribution in [0.4, 0.5) is 17.5 Å². The second-order valence-electron chi connectivity index (χ2n) is 6.79. The number of imidazole rings is 1. The predicted octanol–water partition coefficient (Wildman–Crippen LogP) is 0.886. The zero-order valence-corrected chi connectivity index (χ0v) is 15.8. The highest BCUT2D eigenvalue weighted by Gasteiger charge is 2.22. The summed E-state index contributed by atoms with van der Waals surface area (Å²) in [6, 6.07) is 5.55. The lowest BCUT2D eigenvalue weighted by molar-refractivity contribution is 0.122. The van der Waals surface area contributed by atoms with E-state index in [1.807, 2.05) is 12.1 Å². The van der Waals surface area contributed by atoms with E-state index in [4.69, 9.17) is 21.3 Å². The standard InChI is InChI=1S/C18H20N10O/c1-10-22-13(9-14(19)23-10)16-17(20)24-18-11(12-2-3-21-25-12)8-15(26-28(16)18)27-4-6-29-7-5-27/h2-3,8-9H,4-7,20H2,1H3,(H,21,25)(H2,19,22,23). The van der Waals surface area contributed by atoms with Crippen LogP contribution in [0.5, 0.6) is 0 Å². The highest BCUT2D eigenvalue weighted by Crippen LogP contribution is 2.32. The number of nitrogens with zero attached hydrogens (tertiary/aromatic N) is 7. The molecule has 0 radical (unpaired) electrons. The summed E-state index contributed by atoms with van der Waals surface area (Å²) in [5.74, 6) is 2.02. The second kappa shape index (κ2) is 6.71. The first-order valence-corrected chi connectivity index (χ1v) is 9.23. The minimum absolute atomic E-state index is 0.315. The van der Waals surface area contributed by atoms with E-state index in [2.05, 4.69) is 30.0 Å². The van der Waals surface area contributed by atoms with Gasteiger partial charge in [-0.25, -0.2) is 19.5 Å². The minimum atomic E-state index is 0.315. The quantitative estimate of drug-likeness (QED) is 0.462. The molecule has 0 atom stereocenters. The molecule has 148 valence electrons. The van der Waals surface area contributed by atoms with E-state index >= 15 is 0 Å². The Morgan fingerprint density at radius 2 is 1.93 bits per heavy atom. The Bertz CT molecular complexity index is 1160. The maximum atomic E-state index is 6.30. The van der Waals surface area contributed by atoms with E-state index in [1.165, 1.54) is 0 Å². The summed E-state index contributed by atoms with van der Waals surface area (Å²) in [5, 5.41) is 11.9. The van der Waals surface area contributed by atoms with Crippen molar-refractivity contribution in [2.24, 2.45) is 0 Å². The molecule has 0 aromatic carbocycles. The highest BCUT2D eigenvalue weighted by atomic mass is 16.5. The van der Waals surface area contributed by atoms with Crippen molar-refractivity contribution in [3.63, 3.8) is 0 Å². The number of hydrogen-bond donors (Lipinski definition) is 3. The van der Waals surface area contributed by atoms with Gasteiger partial charge in [-0.15, -0.1) is 5.10 Å². The molecule has 0 spiro atoms. The first-order chi connectivity index (χ1) is 14.1. The van der Waals surface area contributed by atoms with Gasteiger partial charge in [0.2, 0.25) is 0 Å². The molecule has 5 rings (SSSR count). The smallest absolute Gasteiger partial charge is 0.166 e. The number of aromatic amines is 1. The Balaban J connectivity index is 1.78. The van der Waals surface area contributed by atoms with E-state index in [-0.39, 0.29) is 0 Å². The summed E-state index contributed by atoms with van der Waals surface area (Å²) in [5.41, 5.74) is 15.7. The molecule has 29 heavy (non-hydrogen) atoms. The first kappa shape index (κ1) is 17.4. The van der Waals surface area contributed by atoms with Crippen LogP contribution in [-0.2, 0) is 4.74 Å². The number of nitrogen functional groups attached to an aromatic ring is 2. The predicted molar refractivity (Wildman–Crippen MR) is 108 cm³/mol. The summed E-state index contributed by atoms with van der Waals surface area (Å²) in [4.78, 5) is 15.4. The van der Waals surface area contributed by atoms with Crippen molar-refractivity contribution in [3.8, 4) is 22.6 Å². The molecule has 11 nitrogen and oxygen atoms in total. The lowest BCUT2D eigenvalue weighted by Crippen LogP contribution is -2.37. The molecule has 1 saturated heterocycles. The van der Waals surface area contributed by atoms with Crippen LogP contribution in [0.2, 0.25) is 0 Å². The number of nitrogens with one attached hydrogen (secondary N) is 1. The fourth-order valence-electron chi connectivity index (χ4n) is 3.53. The van der Waals surface area contributed by atoms with Crippen molar-refractivity contribution < 1.29 is 4.74 Å². The number of anilines is 3. The number of hydrogen-bond acceptors (Lipinski definition) is 9. The van der Waals surface area contributed by atoms with Crippen molar-refractivity contribution in [2.45, 2.75) is 6.92 Å². The van der Waals surface area contributed by atoms with Crippen LogP contribution >= 0.6 is 0 Å². The van der Waals surface area contributed by atoms with Crippen molar-refractivity contribution >= 4 is 23.1 Å². The number of nitrogens with two attached hydrogens (primary N) is 2. The van der Waals surface area contributed by atoms with Gasteiger partial charge in [0.05, 0.1) is 24.6 Å². The number of morpholine rings is 1. The van der Waals surface area contributed by atoms with Gasteiger partial charge in [-0.1, -0.05) is 0 Å². The molecule has 0 unspecified atom stereocenters. The summed E-state index contributed by atoms with van der Waals surface area (Å²) in [7, 11) is 0. The number of aromatic nitrogens is 7. The van der Waals surface area contributed by atoms with Crippen LogP contribution in [-0.4, -0.2) is 61.1 Å². The van der Waals surface area contributed by atoms with Crippen molar-refractivity contribution in [2.75, 3.05) is 42.7 Å². The average molecular weight is 392 g/mol. The van der Waals surface area contributed by atoms with Gasteiger partial charge in [-0.3, -0.25) is 5.10 Å². The van der Waals surface area contributed by atoms with E-state index in [1.54, 1.807) is 23.7 Å². The van der Waals surface area contributed by atoms with Crippen LogP contribution < -0.4 is 16.4 Å². The molecular weight excluding hydrogens is 372 g/mol. The van der Waals surface area contributed by atoms with Crippen LogP contribution in [0.1, 0.15) is 5.82 Å². The highest BCUT2D eigenvalue weighted by molar-refractivity contribution is 5.83. The van der Waals surface area contributed by atoms with Gasteiger partial charge >= 0.3 is 0 Å². The average Bonchev–Trinajstić information content (AvgIpc) is 3.34. The Morgan fingerprint density at radius 3 is 2.66 bits per heavy atom. The molecule has 4 aromatic heterocycles. The first-order valence-electron chi connectivity index (χ1n) is 9.23. The summed E-state index contributed by atoms with van der Waals surface area (Å²) in [6.45, 7) is 4.58. The van der Waals surface area contributed by atoms with Gasteiger partial charge in [0.15, 0.2) is 17.3 Å². The molecule has 5 heterocycles. The summed E-state index contributed by atoms with van der Waals surface area (Å²) >= 11 is 0. The van der Waals surface area contributed by atoms with Gasteiger partial charge in [-0.2, -0.15) is 5.10 Å². The van der Waals surface area contributed by atoms with Gasteiger partial charge in [0.1, 0.15) is 17.3 Å². The number of H-pyrrole nitrogens is 1. The summed E-state index contributed by atoms with van der Waals surface area (Å²) in [6.07, 6.45) is 1.70. The molecule has 0 saturated carbocycles. The number of rotatable bonds is 3. The van der Waals surface area contributed by atoms with Crippen LogP contribution in [0.25, 0.3) is 28.3 Å². The van der Waals surface area contributed by atoms with E-state index in [9.17, 15) is 0 Å². The summed E-state index contributed by atoms with van der Waals surface area (Å²) < 4.78 is 7.20. The molecule has 0 aliphatic carbocycles. The zero-order valence-electron chi connectivity index (χ0n) is 15.8. The molecule has 0 bridgehead atoms. The Hall–Kier alpha value is -3.73. The lowest BCUT2D eigenvalue weighted by Gasteiger charge is -2.28. The molecule has 0 amide bonds. The molecule has 1 fully saturated rings. The zero-order chi connectivity index (χ0) is 20.0. The maximum absolute atomic E-state index is 6.30. The second-order valence-corrected chi connectivity index (χ2v) is 6.79. The van der Waals surface area contributed by atoms with E-state index in [0.717, 1.165) is 30.2 Å². The third kappa shape index (κ3) is 3.01. The Kier molecular flexibility index (Phi) is 4.02. The van der Waals surface area contributed by atoms with Crippen LogP contribution in [0, 0.1) is 6.92 Å². The normalized spacial score (nSPS) is 14.6. The van der Waals surface area contributed by atoms with Crippen LogP contribution in [0.3, 0.4) is 0 Å². The lowest BCUT2D eigenvalue weighted by atomic mass is 10.2. The number of aryl methyl sites for hydroxylation is 1. The molecule has 1 aliphatic rings. The van der Waals surface area contributed by atoms with E-state index in [0.29, 0.717) is 47.7 Å². The number of ether oxygens (including phenoxy) is 1. The molecule has 11 heteroatoms. The van der Waals surface area contributed by atoms with Gasteiger partial charge < -0.3 is 21.1 Å². The Morgan fingerprint density at radius 1 is 1.10 bits per heavy atom. The number of fused-ring (bicyclic) bond motifs is 1. The largest absolute Gasteiger partial charge is 0.384 e. The van der Waals surface area contributed by atoms with Crippen molar-refractivity contribution in [1.82, 2.24) is 34.8 Å². The fourth-order valence-corrected chi connectivity index (χ4v) is 3.53. The van der Waals surface area contributed by atoms with E-state index < -0.39 is 0 Å². The maximum Gasteiger partial charge on any atom is 0.166 e. The SMILES string of the molecule is Cc1nc(N)cc(-c2c(N)nc3c(-c4ccn[nH]4)cc(N4CCOCC4)nn23)n1. The monoisotopic (exact) mass is 392 g/mol. The van der Waals surface area contributed by atoms with Crippen LogP contribution in [0.15, 0.2) is 24.4 Å².